The molecule has 0 aromatic heterocycles. The summed E-state index contributed by atoms with van der Waals surface area (Å²) in [5.74, 6) is 0.203. The number of halogens is 2. The number of carbonyl (C=O) groups is 1. The maximum Gasteiger partial charge on any atom is 0.228 e. The largest absolute Gasteiger partial charge is 0.367 e. The van der Waals surface area contributed by atoms with Gasteiger partial charge in [0.2, 0.25) is 5.91 Å². The van der Waals surface area contributed by atoms with Gasteiger partial charge in [-0.3, -0.25) is 4.79 Å². The molecule has 1 aliphatic heterocycles. The van der Waals surface area contributed by atoms with E-state index in [9.17, 15) is 4.79 Å². The van der Waals surface area contributed by atoms with Crippen LogP contribution in [-0.2, 0) is 4.79 Å². The topological polar surface area (TPSA) is 23.6 Å². The number of hydrogen-bond acceptors (Lipinski definition) is 2. The van der Waals surface area contributed by atoms with Gasteiger partial charge < -0.3 is 9.80 Å². The van der Waals surface area contributed by atoms with E-state index in [2.05, 4.69) is 4.90 Å². The van der Waals surface area contributed by atoms with Crippen molar-refractivity contribution in [3.8, 4) is 0 Å². The second kappa shape index (κ2) is 5.82. The van der Waals surface area contributed by atoms with Crippen molar-refractivity contribution in [3.05, 3.63) is 28.2 Å². The lowest BCUT2D eigenvalue weighted by Crippen LogP contribution is -2.51. The van der Waals surface area contributed by atoms with Gasteiger partial charge in [-0.25, -0.2) is 0 Å². The Labute approximate surface area is 130 Å². The molecule has 0 aliphatic carbocycles. The van der Waals surface area contributed by atoms with Crippen molar-refractivity contribution in [2.45, 2.75) is 20.8 Å². The van der Waals surface area contributed by atoms with Crippen LogP contribution in [-0.4, -0.2) is 37.0 Å². The van der Waals surface area contributed by atoms with Crippen molar-refractivity contribution in [2.75, 3.05) is 31.1 Å². The zero-order valence-corrected chi connectivity index (χ0v) is 13.6. The van der Waals surface area contributed by atoms with E-state index in [0.717, 1.165) is 31.9 Å². The molecule has 0 N–H and O–H groups in total. The number of anilines is 1. The van der Waals surface area contributed by atoms with Crippen molar-refractivity contribution >= 4 is 34.8 Å². The van der Waals surface area contributed by atoms with Crippen LogP contribution in [0.4, 0.5) is 5.69 Å². The SMILES string of the molecule is CC(C)(C)C(=O)N1CCN(c2cc(Cl)ccc2Cl)CC1. The zero-order chi connectivity index (χ0) is 14.9. The number of carbonyl (C=O) groups excluding carboxylic acids is 1. The summed E-state index contributed by atoms with van der Waals surface area (Å²) in [5, 5.41) is 1.38. The van der Waals surface area contributed by atoms with Gasteiger partial charge in [-0.05, 0) is 18.2 Å². The van der Waals surface area contributed by atoms with Crippen LogP contribution in [0.25, 0.3) is 0 Å². The quantitative estimate of drug-likeness (QED) is 0.789. The summed E-state index contributed by atoms with van der Waals surface area (Å²) in [4.78, 5) is 16.4. The van der Waals surface area contributed by atoms with Gasteiger partial charge in [0.1, 0.15) is 0 Å². The summed E-state index contributed by atoms with van der Waals surface area (Å²) >= 11 is 12.2. The fraction of sp³-hybridized carbons (Fsp3) is 0.533. The fourth-order valence-electron chi connectivity index (χ4n) is 2.35. The van der Waals surface area contributed by atoms with E-state index in [4.69, 9.17) is 23.2 Å². The van der Waals surface area contributed by atoms with Crippen LogP contribution >= 0.6 is 23.2 Å². The van der Waals surface area contributed by atoms with E-state index in [0.29, 0.717) is 10.0 Å². The van der Waals surface area contributed by atoms with Crippen LogP contribution in [0.5, 0.6) is 0 Å². The molecule has 0 radical (unpaired) electrons. The molecule has 0 spiro atoms. The Kier molecular flexibility index (Phi) is 4.50. The Balaban J connectivity index is 2.05. The third-order valence-corrected chi connectivity index (χ3v) is 4.01. The molecule has 0 atom stereocenters. The molecule has 1 heterocycles. The molecule has 1 fully saturated rings. The highest BCUT2D eigenvalue weighted by atomic mass is 35.5. The second-order valence-corrected chi connectivity index (χ2v) is 6.97. The van der Waals surface area contributed by atoms with Gasteiger partial charge in [-0.2, -0.15) is 0 Å². The molecular weight excluding hydrogens is 295 g/mol. The molecule has 20 heavy (non-hydrogen) atoms. The summed E-state index contributed by atoms with van der Waals surface area (Å²) in [6.07, 6.45) is 0. The first-order valence-electron chi connectivity index (χ1n) is 6.78. The first-order valence-corrected chi connectivity index (χ1v) is 7.54. The third kappa shape index (κ3) is 3.39. The van der Waals surface area contributed by atoms with Crippen LogP contribution in [0.1, 0.15) is 20.8 Å². The first kappa shape index (κ1) is 15.5. The number of rotatable bonds is 1. The second-order valence-electron chi connectivity index (χ2n) is 6.12. The predicted octanol–water partition coefficient (Wildman–Crippen LogP) is 3.69. The smallest absolute Gasteiger partial charge is 0.228 e. The molecule has 1 aliphatic rings. The highest BCUT2D eigenvalue weighted by Crippen LogP contribution is 2.30. The maximum atomic E-state index is 12.2. The van der Waals surface area contributed by atoms with Crippen LogP contribution < -0.4 is 4.90 Å². The van der Waals surface area contributed by atoms with Gasteiger partial charge in [0.05, 0.1) is 10.7 Å². The predicted molar refractivity (Wildman–Crippen MR) is 84.7 cm³/mol. The molecule has 1 aromatic carbocycles. The number of amides is 1. The van der Waals surface area contributed by atoms with Crippen LogP contribution in [0, 0.1) is 5.41 Å². The summed E-state index contributed by atoms with van der Waals surface area (Å²) in [7, 11) is 0. The highest BCUT2D eigenvalue weighted by Gasteiger charge is 2.30. The molecule has 0 unspecified atom stereocenters. The minimum absolute atomic E-state index is 0.203. The van der Waals surface area contributed by atoms with E-state index >= 15 is 0 Å². The van der Waals surface area contributed by atoms with E-state index in [1.807, 2.05) is 37.8 Å². The zero-order valence-electron chi connectivity index (χ0n) is 12.1. The summed E-state index contributed by atoms with van der Waals surface area (Å²) in [6.45, 7) is 8.86. The van der Waals surface area contributed by atoms with Gasteiger partial charge in [0, 0.05) is 36.6 Å². The van der Waals surface area contributed by atoms with Crippen molar-refractivity contribution in [1.82, 2.24) is 4.90 Å². The average molecular weight is 315 g/mol. The van der Waals surface area contributed by atoms with E-state index < -0.39 is 0 Å². The van der Waals surface area contributed by atoms with E-state index in [1.165, 1.54) is 0 Å². The van der Waals surface area contributed by atoms with Crippen molar-refractivity contribution in [2.24, 2.45) is 5.41 Å². The van der Waals surface area contributed by atoms with Gasteiger partial charge in [0.15, 0.2) is 0 Å². The van der Waals surface area contributed by atoms with Crippen molar-refractivity contribution in [3.63, 3.8) is 0 Å². The molecule has 5 heteroatoms. The molecular formula is C15H20Cl2N2O. The molecule has 1 amide bonds. The van der Waals surface area contributed by atoms with Crippen LogP contribution in [0.15, 0.2) is 18.2 Å². The first-order chi connectivity index (χ1) is 9.29. The number of nitrogens with zero attached hydrogens (tertiary/aromatic N) is 2. The van der Waals surface area contributed by atoms with Crippen LogP contribution in [0.2, 0.25) is 10.0 Å². The lowest BCUT2D eigenvalue weighted by molar-refractivity contribution is -0.139. The summed E-state index contributed by atoms with van der Waals surface area (Å²) in [6, 6.07) is 5.48. The number of hydrogen-bond donors (Lipinski definition) is 0. The van der Waals surface area contributed by atoms with Crippen molar-refractivity contribution in [1.29, 1.82) is 0 Å². The molecule has 1 aromatic rings. The fourth-order valence-corrected chi connectivity index (χ4v) is 2.76. The standard InChI is InChI=1S/C15H20Cl2N2O/c1-15(2,3)14(20)19-8-6-18(7-9-19)13-10-11(16)4-5-12(13)17/h4-5,10H,6-9H2,1-3H3. The minimum Gasteiger partial charge on any atom is -0.367 e. The highest BCUT2D eigenvalue weighted by molar-refractivity contribution is 6.35. The average Bonchev–Trinajstić information content (AvgIpc) is 2.40. The third-order valence-electron chi connectivity index (χ3n) is 3.46. The molecule has 110 valence electrons. The molecule has 2 rings (SSSR count). The number of benzene rings is 1. The summed E-state index contributed by atoms with van der Waals surface area (Å²) < 4.78 is 0. The number of piperazine rings is 1. The van der Waals surface area contributed by atoms with Gasteiger partial charge in [-0.1, -0.05) is 44.0 Å². The molecule has 1 saturated heterocycles. The van der Waals surface area contributed by atoms with Gasteiger partial charge >= 0.3 is 0 Å². The summed E-state index contributed by atoms with van der Waals surface area (Å²) in [5.41, 5.74) is 0.623. The Bertz CT molecular complexity index is 503. The molecule has 3 nitrogen and oxygen atoms in total. The Morgan fingerprint density at radius 2 is 1.70 bits per heavy atom. The lowest BCUT2D eigenvalue weighted by Gasteiger charge is -2.39. The normalized spacial score (nSPS) is 16.4. The van der Waals surface area contributed by atoms with Crippen LogP contribution in [0.3, 0.4) is 0 Å². The monoisotopic (exact) mass is 314 g/mol. The molecule has 0 saturated carbocycles. The Morgan fingerprint density at radius 3 is 2.25 bits per heavy atom. The van der Waals surface area contributed by atoms with Gasteiger partial charge in [0.25, 0.3) is 0 Å². The Morgan fingerprint density at radius 1 is 1.10 bits per heavy atom. The van der Waals surface area contributed by atoms with Crippen molar-refractivity contribution < 1.29 is 4.79 Å². The lowest BCUT2D eigenvalue weighted by atomic mass is 9.94. The molecule has 0 bridgehead atoms. The van der Waals surface area contributed by atoms with E-state index in [-0.39, 0.29) is 11.3 Å². The Hall–Kier alpha value is -0.930. The van der Waals surface area contributed by atoms with E-state index in [1.54, 1.807) is 6.07 Å². The maximum absolute atomic E-state index is 12.2. The minimum atomic E-state index is -0.324. The van der Waals surface area contributed by atoms with Gasteiger partial charge in [-0.15, -0.1) is 0 Å².